The lowest BCUT2D eigenvalue weighted by atomic mass is 10.1. The van der Waals surface area contributed by atoms with Crippen LogP contribution in [0, 0.1) is 6.92 Å². The Kier molecular flexibility index (Phi) is 4.75. The van der Waals surface area contributed by atoms with E-state index in [0.29, 0.717) is 5.05 Å². The fourth-order valence-corrected chi connectivity index (χ4v) is 4.35. The molecule has 3 rings (SSSR count). The minimum atomic E-state index is 0.519. The molecule has 0 amide bonds. The minimum Gasteiger partial charge on any atom is -0.496 e. The van der Waals surface area contributed by atoms with Gasteiger partial charge in [0.1, 0.15) is 10.8 Å². The molecule has 0 saturated heterocycles. The van der Waals surface area contributed by atoms with Crippen LogP contribution in [0.5, 0.6) is 5.75 Å². The van der Waals surface area contributed by atoms with E-state index >= 15 is 0 Å². The Morgan fingerprint density at radius 1 is 1.17 bits per heavy atom. The van der Waals surface area contributed by atoms with E-state index < -0.39 is 0 Å². The average Bonchev–Trinajstić information content (AvgIpc) is 3.20. The average molecular weight is 362 g/mol. The molecule has 0 unspecified atom stereocenters. The largest absolute Gasteiger partial charge is 0.496 e. The number of hydrogen-bond donors (Lipinski definition) is 0. The van der Waals surface area contributed by atoms with Crippen LogP contribution >= 0.6 is 34.9 Å². The molecule has 0 aliphatic carbocycles. The lowest BCUT2D eigenvalue weighted by Gasteiger charge is -2.04. The second-order valence-corrected chi connectivity index (χ2v) is 7.30. The number of aryl methyl sites for hydroxylation is 1. The van der Waals surface area contributed by atoms with Gasteiger partial charge in [-0.25, -0.2) is 4.98 Å². The number of ether oxygens (including phenoxy) is 2. The lowest BCUT2D eigenvalue weighted by Crippen LogP contribution is -1.94. The Morgan fingerprint density at radius 3 is 2.70 bits per heavy atom. The van der Waals surface area contributed by atoms with Gasteiger partial charge in [0.25, 0.3) is 0 Å². The Morgan fingerprint density at radius 2 is 1.96 bits per heavy atom. The Bertz CT molecular complexity index is 851. The van der Waals surface area contributed by atoms with E-state index in [-0.39, 0.29) is 0 Å². The number of thiazole rings is 1. The van der Waals surface area contributed by atoms with E-state index in [1.807, 2.05) is 24.3 Å². The Balaban J connectivity index is 1.99. The maximum Gasteiger partial charge on any atom is 0.201 e. The molecule has 3 aromatic rings. The fourth-order valence-electron chi connectivity index (χ4n) is 2.27. The van der Waals surface area contributed by atoms with Gasteiger partial charge in [-0.3, -0.25) is 0 Å². The first kappa shape index (κ1) is 16.1. The summed E-state index contributed by atoms with van der Waals surface area (Å²) in [5.74, 6) is 0.827. The van der Waals surface area contributed by atoms with Gasteiger partial charge in [-0.05, 0) is 37.3 Å². The van der Waals surface area contributed by atoms with Gasteiger partial charge in [0.15, 0.2) is 0 Å². The van der Waals surface area contributed by atoms with Gasteiger partial charge in [0.2, 0.25) is 5.05 Å². The number of methoxy groups -OCH3 is 2. The molecule has 0 aliphatic rings. The van der Waals surface area contributed by atoms with Gasteiger partial charge in [0, 0.05) is 21.4 Å². The number of nitrogens with zero attached hydrogens (tertiary/aromatic N) is 1. The smallest absolute Gasteiger partial charge is 0.201 e. The summed E-state index contributed by atoms with van der Waals surface area (Å²) in [6, 6.07) is 9.96. The standard InChI is InChI=1S/C17H15NO2S3/c1-10-12(8-15(23-10)17(21)20-3)16-18-13(9-22-16)11-6-4-5-7-14(11)19-2/h4-9H,1-3H3. The molecular formula is C17H15NO2S3. The zero-order chi connectivity index (χ0) is 16.4. The van der Waals surface area contributed by atoms with Gasteiger partial charge in [-0.1, -0.05) is 12.1 Å². The summed E-state index contributed by atoms with van der Waals surface area (Å²) >= 11 is 8.46. The zero-order valence-corrected chi connectivity index (χ0v) is 15.4. The van der Waals surface area contributed by atoms with Gasteiger partial charge in [0.05, 0.1) is 24.8 Å². The number of para-hydroxylation sites is 1. The summed E-state index contributed by atoms with van der Waals surface area (Å²) < 4.78 is 10.6. The predicted molar refractivity (Wildman–Crippen MR) is 101 cm³/mol. The number of thiophene rings is 1. The van der Waals surface area contributed by atoms with E-state index in [4.69, 9.17) is 26.7 Å². The van der Waals surface area contributed by atoms with E-state index in [2.05, 4.69) is 18.4 Å². The first-order valence-corrected chi connectivity index (χ1v) is 9.02. The van der Waals surface area contributed by atoms with Gasteiger partial charge in [-0.15, -0.1) is 22.7 Å². The van der Waals surface area contributed by atoms with Crippen molar-refractivity contribution in [1.82, 2.24) is 4.98 Å². The molecule has 2 aromatic heterocycles. The van der Waals surface area contributed by atoms with Crippen molar-refractivity contribution < 1.29 is 9.47 Å². The molecule has 3 nitrogen and oxygen atoms in total. The number of benzene rings is 1. The molecule has 0 spiro atoms. The third-order valence-electron chi connectivity index (χ3n) is 3.42. The Labute approximate surface area is 148 Å². The molecule has 0 aliphatic heterocycles. The topological polar surface area (TPSA) is 31.4 Å². The van der Waals surface area contributed by atoms with Gasteiger partial charge >= 0.3 is 0 Å². The highest BCUT2D eigenvalue weighted by Crippen LogP contribution is 2.37. The summed E-state index contributed by atoms with van der Waals surface area (Å²) in [6.07, 6.45) is 0. The highest BCUT2D eigenvalue weighted by atomic mass is 32.1. The van der Waals surface area contributed by atoms with Crippen LogP contribution in [-0.4, -0.2) is 24.3 Å². The first-order chi connectivity index (χ1) is 11.1. The van der Waals surface area contributed by atoms with Crippen LogP contribution in [0.2, 0.25) is 0 Å². The van der Waals surface area contributed by atoms with Crippen molar-refractivity contribution >= 4 is 39.9 Å². The fraction of sp³-hybridized carbons (Fsp3) is 0.176. The van der Waals surface area contributed by atoms with Crippen molar-refractivity contribution in [3.8, 4) is 27.6 Å². The van der Waals surface area contributed by atoms with Crippen LogP contribution in [0.3, 0.4) is 0 Å². The molecule has 1 aromatic carbocycles. The summed E-state index contributed by atoms with van der Waals surface area (Å²) in [7, 11) is 3.27. The molecule has 0 N–H and O–H groups in total. The zero-order valence-electron chi connectivity index (χ0n) is 13.0. The summed E-state index contributed by atoms with van der Waals surface area (Å²) in [5.41, 5.74) is 3.03. The van der Waals surface area contributed by atoms with Crippen LogP contribution in [0.25, 0.3) is 21.8 Å². The van der Waals surface area contributed by atoms with Crippen molar-refractivity contribution in [2.75, 3.05) is 14.2 Å². The monoisotopic (exact) mass is 361 g/mol. The molecule has 0 atom stereocenters. The van der Waals surface area contributed by atoms with E-state index in [1.165, 1.54) is 4.88 Å². The number of thiocarbonyl (C=S) groups is 1. The molecule has 118 valence electrons. The minimum absolute atomic E-state index is 0.519. The van der Waals surface area contributed by atoms with E-state index in [1.54, 1.807) is 36.9 Å². The van der Waals surface area contributed by atoms with Crippen molar-refractivity contribution in [2.24, 2.45) is 0 Å². The molecule has 0 fully saturated rings. The van der Waals surface area contributed by atoms with Crippen LogP contribution in [0.15, 0.2) is 35.7 Å². The third kappa shape index (κ3) is 3.15. The number of aromatic nitrogens is 1. The van der Waals surface area contributed by atoms with E-state index in [9.17, 15) is 0 Å². The highest BCUT2D eigenvalue weighted by molar-refractivity contribution is 7.80. The van der Waals surface area contributed by atoms with Crippen molar-refractivity contribution in [3.63, 3.8) is 0 Å². The molecule has 23 heavy (non-hydrogen) atoms. The van der Waals surface area contributed by atoms with Gasteiger partial charge in [-0.2, -0.15) is 0 Å². The van der Waals surface area contributed by atoms with Crippen molar-refractivity contribution in [2.45, 2.75) is 6.92 Å². The quantitative estimate of drug-likeness (QED) is 0.599. The SMILES string of the molecule is COC(=S)c1cc(-c2nc(-c3ccccc3OC)cs2)c(C)s1. The third-order valence-corrected chi connectivity index (χ3v) is 5.86. The molecule has 6 heteroatoms. The van der Waals surface area contributed by atoms with Crippen LogP contribution in [0.1, 0.15) is 9.75 Å². The Hall–Kier alpha value is -1.76. The normalized spacial score (nSPS) is 10.6. The maximum atomic E-state index is 5.42. The maximum absolute atomic E-state index is 5.42. The van der Waals surface area contributed by atoms with Gasteiger partial charge < -0.3 is 9.47 Å². The molecule has 2 heterocycles. The van der Waals surface area contributed by atoms with Crippen molar-refractivity contribution in [3.05, 3.63) is 45.5 Å². The van der Waals surface area contributed by atoms with Crippen molar-refractivity contribution in [1.29, 1.82) is 0 Å². The molecule has 0 radical (unpaired) electrons. The van der Waals surface area contributed by atoms with Crippen LogP contribution < -0.4 is 4.74 Å². The van der Waals surface area contributed by atoms with E-state index in [0.717, 1.165) is 32.5 Å². The second kappa shape index (κ2) is 6.78. The lowest BCUT2D eigenvalue weighted by molar-refractivity contribution is 0.416. The number of rotatable bonds is 4. The first-order valence-electron chi connectivity index (χ1n) is 6.92. The molecule has 0 saturated carbocycles. The molecule has 0 bridgehead atoms. The number of hydrogen-bond acceptors (Lipinski definition) is 6. The summed E-state index contributed by atoms with van der Waals surface area (Å²) in [4.78, 5) is 6.92. The second-order valence-electron chi connectivity index (χ2n) is 4.81. The molecular weight excluding hydrogens is 346 g/mol. The van der Waals surface area contributed by atoms with Crippen LogP contribution in [-0.2, 0) is 4.74 Å². The van der Waals surface area contributed by atoms with Crippen LogP contribution in [0.4, 0.5) is 0 Å². The highest BCUT2D eigenvalue weighted by Gasteiger charge is 2.16. The summed E-state index contributed by atoms with van der Waals surface area (Å²) in [5, 5.41) is 3.55. The summed E-state index contributed by atoms with van der Waals surface area (Å²) in [6.45, 7) is 2.08. The predicted octanol–water partition coefficient (Wildman–Crippen LogP) is 5.18.